The van der Waals surface area contributed by atoms with Crippen LogP contribution in [0.3, 0.4) is 0 Å². The lowest BCUT2D eigenvalue weighted by Crippen LogP contribution is -2.23. The Morgan fingerprint density at radius 3 is 1.10 bits per heavy atom. The van der Waals surface area contributed by atoms with Gasteiger partial charge in [-0.05, 0) is 39.0 Å². The summed E-state index contributed by atoms with van der Waals surface area (Å²) in [6.07, 6.45) is 0.606. The van der Waals surface area contributed by atoms with Gasteiger partial charge in [0.1, 0.15) is 0 Å². The van der Waals surface area contributed by atoms with Gasteiger partial charge in [0.25, 0.3) is 0 Å². The van der Waals surface area contributed by atoms with Crippen molar-refractivity contribution in [3.8, 4) is 0 Å². The van der Waals surface area contributed by atoms with Crippen LogP contribution < -0.4 is 0 Å². The minimum atomic E-state index is -4.29. The fourth-order valence-electron chi connectivity index (χ4n) is 1.55. The Labute approximate surface area is 174 Å². The van der Waals surface area contributed by atoms with Gasteiger partial charge in [-0.15, -0.1) is 0 Å². The van der Waals surface area contributed by atoms with Crippen LogP contribution >= 0.6 is 7.82 Å². The average Bonchev–Trinajstić information content (AvgIpc) is 2.65. The van der Waals surface area contributed by atoms with Gasteiger partial charge in [-0.25, -0.2) is 4.57 Å². The van der Waals surface area contributed by atoms with Crippen molar-refractivity contribution in [1.82, 2.24) is 0 Å². The number of hydrogen-bond donors (Lipinski definition) is 0. The highest BCUT2D eigenvalue weighted by Gasteiger charge is 2.36. The second-order valence-electron chi connectivity index (χ2n) is 6.38. The van der Waals surface area contributed by atoms with E-state index >= 15 is 0 Å². The Balaban J connectivity index is 5.47. The van der Waals surface area contributed by atoms with Crippen LogP contribution in [0.1, 0.15) is 20.8 Å². The molecule has 0 spiro atoms. The van der Waals surface area contributed by atoms with E-state index < -0.39 is 26.7 Å². The summed E-state index contributed by atoms with van der Waals surface area (Å²) in [7, 11) is -4.29. The first-order chi connectivity index (χ1) is 13.5. The zero-order valence-electron chi connectivity index (χ0n) is 17.6. The largest absolute Gasteiger partial charge is 0.482 e. The molecule has 0 bridgehead atoms. The number of phosphoric acid groups is 1. The van der Waals surface area contributed by atoms with E-state index in [1.807, 2.05) is 0 Å². The summed E-state index contributed by atoms with van der Waals surface area (Å²) in [5.41, 5.74) is 2.21. The molecule has 0 aliphatic rings. The van der Waals surface area contributed by atoms with Gasteiger partial charge in [-0.3, -0.25) is 13.6 Å². The van der Waals surface area contributed by atoms with Crippen molar-refractivity contribution in [2.75, 3.05) is 19.8 Å². The number of rotatable bonds is 18. The summed E-state index contributed by atoms with van der Waals surface area (Å²) < 4.78 is 46.0. The molecule has 0 aromatic carbocycles. The topological polar surface area (TPSA) is 72.5 Å². The molecule has 0 saturated heterocycles. The lowest BCUT2D eigenvalue weighted by molar-refractivity contribution is -0.122. The molecule has 3 unspecified atom stereocenters. The van der Waals surface area contributed by atoms with Crippen LogP contribution in [0.2, 0.25) is 0 Å². The van der Waals surface area contributed by atoms with Gasteiger partial charge in [0.2, 0.25) is 0 Å². The quantitative estimate of drug-likeness (QED) is 0.163. The molecular weight excluding hydrogens is 395 g/mol. The summed E-state index contributed by atoms with van der Waals surface area (Å²) >= 11 is 0. The van der Waals surface area contributed by atoms with Gasteiger partial charge in [-0.1, -0.05) is 56.2 Å². The van der Waals surface area contributed by atoms with E-state index in [9.17, 15) is 4.57 Å². The highest BCUT2D eigenvalue weighted by Crippen LogP contribution is 2.53. The summed E-state index contributed by atoms with van der Waals surface area (Å²) in [5, 5.41) is 0. The Morgan fingerprint density at radius 2 is 0.931 bits per heavy atom. The third-order valence-corrected chi connectivity index (χ3v) is 4.16. The molecule has 0 aliphatic heterocycles. The second-order valence-corrected chi connectivity index (χ2v) is 7.91. The van der Waals surface area contributed by atoms with Gasteiger partial charge < -0.3 is 14.2 Å². The Hall–Kier alpha value is -1.57. The maximum absolute atomic E-state index is 13.3. The van der Waals surface area contributed by atoms with Crippen LogP contribution in [-0.2, 0) is 32.3 Å². The van der Waals surface area contributed by atoms with E-state index in [1.165, 1.54) is 18.2 Å². The number of ether oxygens (including phenoxy) is 3. The molecule has 0 aliphatic carbocycles. The predicted octanol–water partition coefficient (Wildman–Crippen LogP) is 5.46. The van der Waals surface area contributed by atoms with E-state index in [1.54, 1.807) is 20.8 Å². The minimum absolute atomic E-state index is 0.158. The van der Waals surface area contributed by atoms with Crippen molar-refractivity contribution in [3.05, 3.63) is 74.4 Å². The fraction of sp³-hybridized carbons (Fsp3) is 0.429. The Bertz CT molecular complexity index is 555. The van der Waals surface area contributed by atoms with Crippen molar-refractivity contribution >= 4 is 7.82 Å². The lowest BCUT2D eigenvalue weighted by atomic mass is 10.4. The normalized spacial score (nSPS) is 16.1. The van der Waals surface area contributed by atoms with E-state index in [0.717, 1.165) is 16.7 Å². The molecule has 0 radical (unpaired) electrons. The van der Waals surface area contributed by atoms with Gasteiger partial charge in [0, 0.05) is 0 Å². The van der Waals surface area contributed by atoms with Crippen molar-refractivity contribution in [3.63, 3.8) is 0 Å². The standard InChI is InChI=1S/C21H33O7P/c1-10-19(23-13-16(4)5)26-29(22,27-20(11-2)24-14-17(6)7)28-21(12-3)25-15-18(8)9/h10-12,19-21H,1-4,6,8,13-15H2,5,7,9H3. The van der Waals surface area contributed by atoms with Crippen LogP contribution in [0.25, 0.3) is 0 Å². The molecule has 7 nitrogen and oxygen atoms in total. The van der Waals surface area contributed by atoms with Gasteiger partial charge in [0.05, 0.1) is 19.8 Å². The average molecular weight is 428 g/mol. The monoisotopic (exact) mass is 428 g/mol. The van der Waals surface area contributed by atoms with Crippen molar-refractivity contribution < 1.29 is 32.3 Å². The van der Waals surface area contributed by atoms with Gasteiger partial charge in [-0.2, -0.15) is 0 Å². The third-order valence-electron chi connectivity index (χ3n) is 2.76. The summed E-state index contributed by atoms with van der Waals surface area (Å²) in [4.78, 5) is 0. The van der Waals surface area contributed by atoms with E-state index in [-0.39, 0.29) is 19.8 Å². The molecule has 29 heavy (non-hydrogen) atoms. The van der Waals surface area contributed by atoms with Crippen LogP contribution in [0.15, 0.2) is 74.4 Å². The van der Waals surface area contributed by atoms with E-state index in [4.69, 9.17) is 27.8 Å². The Morgan fingerprint density at radius 1 is 0.690 bits per heavy atom. The van der Waals surface area contributed by atoms with Gasteiger partial charge >= 0.3 is 7.82 Å². The molecule has 3 atom stereocenters. The number of hydrogen-bond acceptors (Lipinski definition) is 7. The lowest BCUT2D eigenvalue weighted by Gasteiger charge is -2.27. The SMILES string of the molecule is C=CC(OCC(=C)C)OP(=O)(OC(C=C)OCC(=C)C)OC(C=C)OCC(=C)C. The molecule has 0 heterocycles. The first-order valence-electron chi connectivity index (χ1n) is 8.86. The van der Waals surface area contributed by atoms with Crippen LogP contribution in [-0.4, -0.2) is 38.7 Å². The molecule has 0 fully saturated rings. The van der Waals surface area contributed by atoms with Crippen molar-refractivity contribution in [2.45, 2.75) is 39.6 Å². The summed E-state index contributed by atoms with van der Waals surface area (Å²) in [5.74, 6) is 0. The summed E-state index contributed by atoms with van der Waals surface area (Å²) in [6.45, 7) is 27.8. The molecule has 0 saturated carbocycles. The molecular formula is C21H33O7P. The van der Waals surface area contributed by atoms with Crippen molar-refractivity contribution in [2.24, 2.45) is 0 Å². The van der Waals surface area contributed by atoms with Crippen LogP contribution in [0.5, 0.6) is 0 Å². The van der Waals surface area contributed by atoms with E-state index in [0.29, 0.717) is 0 Å². The molecule has 0 rings (SSSR count). The molecule has 164 valence electrons. The smallest absolute Gasteiger partial charge is 0.344 e. The maximum atomic E-state index is 13.3. The highest BCUT2D eigenvalue weighted by atomic mass is 31.2. The molecule has 0 aromatic heterocycles. The minimum Gasteiger partial charge on any atom is -0.344 e. The first kappa shape index (κ1) is 27.4. The zero-order valence-corrected chi connectivity index (χ0v) is 18.5. The first-order valence-corrected chi connectivity index (χ1v) is 10.3. The Kier molecular flexibility index (Phi) is 13.6. The third kappa shape index (κ3) is 13.3. The molecule has 0 aromatic rings. The van der Waals surface area contributed by atoms with Crippen LogP contribution in [0.4, 0.5) is 0 Å². The number of phosphoric ester groups is 1. The second kappa shape index (κ2) is 14.4. The van der Waals surface area contributed by atoms with Crippen LogP contribution in [0, 0.1) is 0 Å². The fourth-order valence-corrected chi connectivity index (χ4v) is 2.91. The van der Waals surface area contributed by atoms with Crippen molar-refractivity contribution in [1.29, 1.82) is 0 Å². The van der Waals surface area contributed by atoms with E-state index in [2.05, 4.69) is 39.5 Å². The zero-order chi connectivity index (χ0) is 22.4. The molecule has 8 heteroatoms. The predicted molar refractivity (Wildman–Crippen MR) is 115 cm³/mol. The molecule has 0 amide bonds. The highest BCUT2D eigenvalue weighted by molar-refractivity contribution is 7.48. The maximum Gasteiger partial charge on any atom is 0.482 e. The molecule has 0 N–H and O–H groups in total. The van der Waals surface area contributed by atoms with Gasteiger partial charge in [0.15, 0.2) is 18.9 Å². The summed E-state index contributed by atoms with van der Waals surface area (Å²) in [6, 6.07) is 0.